The van der Waals surface area contributed by atoms with Crippen molar-refractivity contribution >= 4 is 15.9 Å². The number of halogens is 1. The van der Waals surface area contributed by atoms with Gasteiger partial charge in [-0.1, -0.05) is 52.3 Å². The van der Waals surface area contributed by atoms with Crippen LogP contribution in [-0.4, -0.2) is 13.2 Å². The highest BCUT2D eigenvalue weighted by Gasteiger charge is 2.14. The minimum atomic E-state index is 0.280. The Hall–Kier alpha value is -1.48. The summed E-state index contributed by atoms with van der Waals surface area (Å²) in [6.45, 7) is 1.45. The van der Waals surface area contributed by atoms with E-state index in [1.807, 2.05) is 12.1 Å². The van der Waals surface area contributed by atoms with E-state index in [0.717, 1.165) is 37.6 Å². The number of alkyl halides is 1. The summed E-state index contributed by atoms with van der Waals surface area (Å²) in [4.78, 5) is 0.280. The Morgan fingerprint density at radius 2 is 1.70 bits per heavy atom. The van der Waals surface area contributed by atoms with Gasteiger partial charge >= 0.3 is 0 Å². The molecule has 0 spiro atoms. The molecule has 1 aliphatic heterocycles. The molecule has 0 saturated heterocycles. The fraction of sp³-hybridized carbons (Fsp3) is 0.294. The summed E-state index contributed by atoms with van der Waals surface area (Å²) in [6.07, 6.45) is 1.90. The first kappa shape index (κ1) is 13.5. The summed E-state index contributed by atoms with van der Waals surface area (Å²) in [5.41, 5.74) is 2.54. The zero-order valence-corrected chi connectivity index (χ0v) is 12.8. The van der Waals surface area contributed by atoms with Gasteiger partial charge in [0.1, 0.15) is 0 Å². The third-order valence-corrected chi connectivity index (χ3v) is 4.24. The van der Waals surface area contributed by atoms with Crippen molar-refractivity contribution in [3.05, 3.63) is 59.7 Å². The molecular weight excluding hydrogens is 316 g/mol. The van der Waals surface area contributed by atoms with Gasteiger partial charge in [0, 0.05) is 11.2 Å². The van der Waals surface area contributed by atoms with Crippen LogP contribution in [0.25, 0.3) is 0 Å². The van der Waals surface area contributed by atoms with Crippen LogP contribution in [0.1, 0.15) is 22.4 Å². The largest absolute Gasteiger partial charge is 0.490 e. The molecule has 0 aliphatic carbocycles. The predicted octanol–water partition coefficient (Wildman–Crippen LogP) is 4.53. The number of fused-ring (bicyclic) bond motifs is 1. The molecule has 2 aromatic rings. The molecule has 0 aromatic heterocycles. The molecular formula is C17H17BrO2. The molecule has 0 fully saturated rings. The number of benzene rings is 2. The van der Waals surface area contributed by atoms with Gasteiger partial charge in [0.2, 0.25) is 0 Å². The van der Waals surface area contributed by atoms with Crippen molar-refractivity contribution in [1.29, 1.82) is 0 Å². The standard InChI is InChI=1S/C17H17BrO2/c18-15(11-13-5-2-1-3-6-13)14-7-8-16-17(12-14)20-10-4-9-19-16/h1-3,5-8,12,15H,4,9-11H2. The zero-order valence-electron chi connectivity index (χ0n) is 11.2. The minimum absolute atomic E-state index is 0.280. The Kier molecular flexibility index (Phi) is 4.26. The molecule has 0 amide bonds. The average Bonchev–Trinajstić information content (AvgIpc) is 2.72. The normalized spacial score (nSPS) is 15.4. The lowest BCUT2D eigenvalue weighted by atomic mass is 10.0. The number of hydrogen-bond acceptors (Lipinski definition) is 2. The molecule has 0 bridgehead atoms. The molecule has 2 aromatic carbocycles. The van der Waals surface area contributed by atoms with Gasteiger partial charge in [-0.2, -0.15) is 0 Å². The Morgan fingerprint density at radius 3 is 2.50 bits per heavy atom. The van der Waals surface area contributed by atoms with Crippen LogP contribution in [0.3, 0.4) is 0 Å². The van der Waals surface area contributed by atoms with Crippen LogP contribution in [0, 0.1) is 0 Å². The fourth-order valence-electron chi connectivity index (χ4n) is 2.31. The van der Waals surface area contributed by atoms with Gasteiger partial charge in [0.05, 0.1) is 13.2 Å². The molecule has 1 aliphatic rings. The lowest BCUT2D eigenvalue weighted by Gasteiger charge is -2.13. The fourth-order valence-corrected chi connectivity index (χ4v) is 2.97. The predicted molar refractivity (Wildman–Crippen MR) is 83.9 cm³/mol. The summed E-state index contributed by atoms with van der Waals surface area (Å²) in [5.74, 6) is 1.71. The zero-order chi connectivity index (χ0) is 13.8. The van der Waals surface area contributed by atoms with Crippen molar-refractivity contribution in [2.45, 2.75) is 17.7 Å². The van der Waals surface area contributed by atoms with Crippen LogP contribution in [0.5, 0.6) is 11.5 Å². The van der Waals surface area contributed by atoms with E-state index in [0.29, 0.717) is 0 Å². The quantitative estimate of drug-likeness (QED) is 0.769. The van der Waals surface area contributed by atoms with Gasteiger partial charge in [0.25, 0.3) is 0 Å². The van der Waals surface area contributed by atoms with E-state index in [1.165, 1.54) is 11.1 Å². The van der Waals surface area contributed by atoms with E-state index >= 15 is 0 Å². The van der Waals surface area contributed by atoms with E-state index in [9.17, 15) is 0 Å². The summed E-state index contributed by atoms with van der Waals surface area (Å²) >= 11 is 3.77. The summed E-state index contributed by atoms with van der Waals surface area (Å²) < 4.78 is 11.4. The SMILES string of the molecule is BrC(Cc1ccccc1)c1ccc2c(c1)OCCCO2. The first-order valence-electron chi connectivity index (χ1n) is 6.90. The molecule has 0 N–H and O–H groups in total. The molecule has 3 heteroatoms. The lowest BCUT2D eigenvalue weighted by Crippen LogP contribution is -1.98. The second kappa shape index (κ2) is 6.31. The van der Waals surface area contributed by atoms with Crippen LogP contribution in [0.15, 0.2) is 48.5 Å². The van der Waals surface area contributed by atoms with E-state index in [-0.39, 0.29) is 4.83 Å². The third-order valence-electron chi connectivity index (χ3n) is 3.39. The summed E-state index contributed by atoms with van der Waals surface area (Å²) in [6, 6.07) is 16.7. The van der Waals surface area contributed by atoms with Crippen LogP contribution in [0.4, 0.5) is 0 Å². The second-order valence-corrected chi connectivity index (χ2v) is 6.02. The van der Waals surface area contributed by atoms with E-state index < -0.39 is 0 Å². The van der Waals surface area contributed by atoms with Gasteiger partial charge in [-0.15, -0.1) is 0 Å². The van der Waals surface area contributed by atoms with Crippen molar-refractivity contribution in [1.82, 2.24) is 0 Å². The minimum Gasteiger partial charge on any atom is -0.490 e. The van der Waals surface area contributed by atoms with Gasteiger partial charge in [-0.05, 0) is 29.7 Å². The van der Waals surface area contributed by atoms with Gasteiger partial charge in [-0.25, -0.2) is 0 Å². The molecule has 20 heavy (non-hydrogen) atoms. The van der Waals surface area contributed by atoms with Gasteiger partial charge in [0.15, 0.2) is 11.5 Å². The highest BCUT2D eigenvalue weighted by Crippen LogP contribution is 2.35. The van der Waals surface area contributed by atoms with Crippen LogP contribution >= 0.6 is 15.9 Å². The maximum absolute atomic E-state index is 5.74. The third kappa shape index (κ3) is 3.15. The van der Waals surface area contributed by atoms with Crippen molar-refractivity contribution in [3.8, 4) is 11.5 Å². The maximum Gasteiger partial charge on any atom is 0.161 e. The average molecular weight is 333 g/mol. The molecule has 0 radical (unpaired) electrons. The van der Waals surface area contributed by atoms with Crippen molar-refractivity contribution in [2.75, 3.05) is 13.2 Å². The number of rotatable bonds is 3. The first-order valence-corrected chi connectivity index (χ1v) is 7.82. The van der Waals surface area contributed by atoms with E-state index in [2.05, 4.69) is 52.3 Å². The van der Waals surface area contributed by atoms with Crippen LogP contribution in [0.2, 0.25) is 0 Å². The van der Waals surface area contributed by atoms with Crippen molar-refractivity contribution < 1.29 is 9.47 Å². The Morgan fingerprint density at radius 1 is 0.950 bits per heavy atom. The Bertz CT molecular complexity index is 568. The lowest BCUT2D eigenvalue weighted by molar-refractivity contribution is 0.297. The van der Waals surface area contributed by atoms with Crippen LogP contribution < -0.4 is 9.47 Å². The topological polar surface area (TPSA) is 18.5 Å². The van der Waals surface area contributed by atoms with E-state index in [4.69, 9.17) is 9.47 Å². The maximum atomic E-state index is 5.74. The molecule has 3 rings (SSSR count). The van der Waals surface area contributed by atoms with Crippen molar-refractivity contribution in [2.24, 2.45) is 0 Å². The second-order valence-electron chi connectivity index (χ2n) is 4.91. The number of hydrogen-bond donors (Lipinski definition) is 0. The number of ether oxygens (including phenoxy) is 2. The smallest absolute Gasteiger partial charge is 0.161 e. The molecule has 104 valence electrons. The molecule has 1 unspecified atom stereocenters. The van der Waals surface area contributed by atoms with Gasteiger partial charge in [-0.3, -0.25) is 0 Å². The van der Waals surface area contributed by atoms with Crippen LogP contribution in [-0.2, 0) is 6.42 Å². The highest BCUT2D eigenvalue weighted by molar-refractivity contribution is 9.09. The highest BCUT2D eigenvalue weighted by atomic mass is 79.9. The summed E-state index contributed by atoms with van der Waals surface area (Å²) in [5, 5.41) is 0. The summed E-state index contributed by atoms with van der Waals surface area (Å²) in [7, 11) is 0. The first-order chi connectivity index (χ1) is 9.83. The molecule has 1 heterocycles. The monoisotopic (exact) mass is 332 g/mol. The molecule has 2 nitrogen and oxygen atoms in total. The Balaban J connectivity index is 1.78. The molecule has 1 atom stereocenters. The van der Waals surface area contributed by atoms with Crippen molar-refractivity contribution in [3.63, 3.8) is 0 Å². The van der Waals surface area contributed by atoms with E-state index in [1.54, 1.807) is 0 Å². The van der Waals surface area contributed by atoms with Gasteiger partial charge < -0.3 is 9.47 Å². The molecule has 0 saturated carbocycles. The Labute approximate surface area is 127 Å².